The van der Waals surface area contributed by atoms with Crippen LogP contribution in [0.25, 0.3) is 0 Å². The topological polar surface area (TPSA) is 76.1 Å². The first-order valence-corrected chi connectivity index (χ1v) is 7.71. The average molecular weight is 343 g/mol. The first-order chi connectivity index (χ1) is 11.8. The molecule has 0 spiro atoms. The first-order valence-electron chi connectivity index (χ1n) is 7.71. The molecule has 0 aromatic heterocycles. The third kappa shape index (κ3) is 4.29. The third-order valence-electron chi connectivity index (χ3n) is 3.80. The number of nitrogens with zero attached hydrogens (tertiary/aromatic N) is 1. The van der Waals surface area contributed by atoms with E-state index in [-0.39, 0.29) is 5.91 Å². The molecule has 6 heteroatoms. The maximum atomic E-state index is 12.7. The van der Waals surface area contributed by atoms with Crippen molar-refractivity contribution in [2.45, 2.75) is 13.8 Å². The zero-order valence-corrected chi connectivity index (χ0v) is 14.7. The molecule has 0 atom stereocenters. The van der Waals surface area contributed by atoms with Gasteiger partial charge in [-0.2, -0.15) is 0 Å². The molecule has 0 aliphatic carbocycles. The number of carboxylic acids is 1. The van der Waals surface area contributed by atoms with Crippen LogP contribution in [0.5, 0.6) is 11.5 Å². The summed E-state index contributed by atoms with van der Waals surface area (Å²) in [5.41, 5.74) is 3.05. The van der Waals surface area contributed by atoms with Gasteiger partial charge in [-0.1, -0.05) is 0 Å². The van der Waals surface area contributed by atoms with E-state index in [4.69, 9.17) is 14.6 Å². The molecule has 1 N–H and O–H groups in total. The number of carbonyl (C=O) groups excluding carboxylic acids is 1. The van der Waals surface area contributed by atoms with Gasteiger partial charge in [-0.3, -0.25) is 4.79 Å². The number of amides is 1. The van der Waals surface area contributed by atoms with Crippen molar-refractivity contribution in [2.75, 3.05) is 25.7 Å². The minimum Gasteiger partial charge on any atom is -0.496 e. The number of rotatable bonds is 6. The largest absolute Gasteiger partial charge is 0.496 e. The van der Waals surface area contributed by atoms with Gasteiger partial charge in [0.25, 0.3) is 5.91 Å². The highest BCUT2D eigenvalue weighted by atomic mass is 16.5. The molecule has 1 amide bonds. The Balaban J connectivity index is 2.18. The molecule has 0 aliphatic rings. The van der Waals surface area contributed by atoms with Gasteiger partial charge in [-0.25, -0.2) is 4.79 Å². The van der Waals surface area contributed by atoms with Gasteiger partial charge in [-0.05, 0) is 61.4 Å². The van der Waals surface area contributed by atoms with Crippen LogP contribution in [0.2, 0.25) is 0 Å². The Morgan fingerprint density at radius 2 is 1.64 bits per heavy atom. The van der Waals surface area contributed by atoms with Crippen LogP contribution in [0.15, 0.2) is 36.4 Å². The van der Waals surface area contributed by atoms with Crippen molar-refractivity contribution in [3.05, 3.63) is 53.1 Å². The lowest BCUT2D eigenvalue weighted by molar-refractivity contribution is -0.139. The Morgan fingerprint density at radius 1 is 1.08 bits per heavy atom. The molecule has 2 aromatic rings. The molecule has 0 saturated heterocycles. The quantitative estimate of drug-likeness (QED) is 0.872. The SMILES string of the molecule is COc1c(C)cc(C(=O)N(C)c2ccc(OCC(=O)O)cc2)cc1C. The predicted molar refractivity (Wildman–Crippen MR) is 94.8 cm³/mol. The second kappa shape index (κ2) is 7.70. The summed E-state index contributed by atoms with van der Waals surface area (Å²) >= 11 is 0. The van der Waals surface area contributed by atoms with E-state index in [2.05, 4.69) is 0 Å². The Kier molecular flexibility index (Phi) is 5.64. The molecule has 2 aromatic carbocycles. The average Bonchev–Trinajstić information content (AvgIpc) is 2.58. The molecular weight excluding hydrogens is 322 g/mol. The summed E-state index contributed by atoms with van der Waals surface area (Å²) < 4.78 is 10.4. The Morgan fingerprint density at radius 3 is 2.12 bits per heavy atom. The molecule has 6 nitrogen and oxygen atoms in total. The van der Waals surface area contributed by atoms with Crippen molar-refractivity contribution in [2.24, 2.45) is 0 Å². The minimum atomic E-state index is -1.04. The molecule has 0 saturated carbocycles. The number of carbonyl (C=O) groups is 2. The number of methoxy groups -OCH3 is 1. The Bertz CT molecular complexity index is 760. The van der Waals surface area contributed by atoms with Crippen LogP contribution in [0.4, 0.5) is 5.69 Å². The number of aliphatic carboxylic acids is 1. The monoisotopic (exact) mass is 343 g/mol. The van der Waals surface area contributed by atoms with Crippen LogP contribution in [0.3, 0.4) is 0 Å². The first kappa shape index (κ1) is 18.3. The van der Waals surface area contributed by atoms with Gasteiger partial charge in [0, 0.05) is 18.3 Å². The van der Waals surface area contributed by atoms with E-state index in [0.29, 0.717) is 17.0 Å². The van der Waals surface area contributed by atoms with E-state index in [1.165, 1.54) is 4.90 Å². The van der Waals surface area contributed by atoms with Crippen molar-refractivity contribution in [1.82, 2.24) is 0 Å². The predicted octanol–water partition coefficient (Wildman–Crippen LogP) is 3.05. The van der Waals surface area contributed by atoms with Gasteiger partial charge in [0.15, 0.2) is 6.61 Å². The van der Waals surface area contributed by atoms with Gasteiger partial charge in [0.2, 0.25) is 0 Å². The van der Waals surface area contributed by atoms with Crippen LogP contribution in [-0.2, 0) is 4.79 Å². The number of anilines is 1. The fourth-order valence-electron chi connectivity index (χ4n) is 2.62. The van der Waals surface area contributed by atoms with Crippen molar-refractivity contribution >= 4 is 17.6 Å². The van der Waals surface area contributed by atoms with E-state index >= 15 is 0 Å². The van der Waals surface area contributed by atoms with Crippen molar-refractivity contribution in [1.29, 1.82) is 0 Å². The van der Waals surface area contributed by atoms with Crippen LogP contribution in [0.1, 0.15) is 21.5 Å². The van der Waals surface area contributed by atoms with E-state index < -0.39 is 12.6 Å². The molecule has 2 rings (SSSR count). The summed E-state index contributed by atoms with van der Waals surface area (Å²) in [6.45, 7) is 3.40. The Hall–Kier alpha value is -3.02. The van der Waals surface area contributed by atoms with E-state index in [9.17, 15) is 9.59 Å². The normalized spacial score (nSPS) is 10.2. The standard InChI is InChI=1S/C19H21NO5/c1-12-9-14(10-13(2)18(12)24-4)19(23)20(3)15-5-7-16(8-6-15)25-11-17(21)22/h5-10H,11H2,1-4H3,(H,21,22). The zero-order chi connectivity index (χ0) is 18.6. The molecule has 0 bridgehead atoms. The number of carboxylic acid groups (broad SMARTS) is 1. The smallest absolute Gasteiger partial charge is 0.341 e. The summed E-state index contributed by atoms with van der Waals surface area (Å²) in [5.74, 6) is 0.0249. The summed E-state index contributed by atoms with van der Waals surface area (Å²) in [4.78, 5) is 24.8. The molecule has 0 radical (unpaired) electrons. The molecule has 0 aliphatic heterocycles. The maximum absolute atomic E-state index is 12.7. The molecular formula is C19H21NO5. The number of hydrogen-bond donors (Lipinski definition) is 1. The highest BCUT2D eigenvalue weighted by molar-refractivity contribution is 6.06. The van der Waals surface area contributed by atoms with Crippen molar-refractivity contribution in [3.63, 3.8) is 0 Å². The maximum Gasteiger partial charge on any atom is 0.341 e. The molecule has 0 unspecified atom stereocenters. The van der Waals surface area contributed by atoms with Gasteiger partial charge in [0.1, 0.15) is 11.5 Å². The molecule has 132 valence electrons. The fraction of sp³-hybridized carbons (Fsp3) is 0.263. The van der Waals surface area contributed by atoms with Crippen LogP contribution in [-0.4, -0.2) is 37.7 Å². The van der Waals surface area contributed by atoms with E-state index in [0.717, 1.165) is 16.9 Å². The third-order valence-corrected chi connectivity index (χ3v) is 3.80. The van der Waals surface area contributed by atoms with E-state index in [1.54, 1.807) is 50.6 Å². The highest BCUT2D eigenvalue weighted by Gasteiger charge is 2.16. The second-order valence-electron chi connectivity index (χ2n) is 5.68. The van der Waals surface area contributed by atoms with Crippen LogP contribution < -0.4 is 14.4 Å². The zero-order valence-electron chi connectivity index (χ0n) is 14.7. The van der Waals surface area contributed by atoms with Crippen molar-refractivity contribution < 1.29 is 24.2 Å². The molecule has 0 heterocycles. The highest BCUT2D eigenvalue weighted by Crippen LogP contribution is 2.26. The lowest BCUT2D eigenvalue weighted by atomic mass is 10.0. The van der Waals surface area contributed by atoms with Gasteiger partial charge >= 0.3 is 5.97 Å². The van der Waals surface area contributed by atoms with Gasteiger partial charge < -0.3 is 19.5 Å². The summed E-state index contributed by atoms with van der Waals surface area (Å²) in [6.07, 6.45) is 0. The van der Waals surface area contributed by atoms with Crippen LogP contribution >= 0.6 is 0 Å². The number of aryl methyl sites for hydroxylation is 2. The fourth-order valence-corrected chi connectivity index (χ4v) is 2.62. The molecule has 0 fully saturated rings. The second-order valence-corrected chi connectivity index (χ2v) is 5.68. The van der Waals surface area contributed by atoms with Crippen LogP contribution in [0, 0.1) is 13.8 Å². The number of hydrogen-bond acceptors (Lipinski definition) is 4. The summed E-state index contributed by atoms with van der Waals surface area (Å²) in [7, 11) is 3.29. The minimum absolute atomic E-state index is 0.145. The number of benzene rings is 2. The number of ether oxygens (including phenoxy) is 2. The van der Waals surface area contributed by atoms with Gasteiger partial charge in [-0.15, -0.1) is 0 Å². The summed E-state index contributed by atoms with van der Waals surface area (Å²) in [6, 6.07) is 10.3. The summed E-state index contributed by atoms with van der Waals surface area (Å²) in [5, 5.41) is 8.61. The Labute approximate surface area is 146 Å². The molecule has 25 heavy (non-hydrogen) atoms. The van der Waals surface area contributed by atoms with E-state index in [1.807, 2.05) is 13.8 Å². The van der Waals surface area contributed by atoms with Crippen molar-refractivity contribution in [3.8, 4) is 11.5 Å². The van der Waals surface area contributed by atoms with Gasteiger partial charge in [0.05, 0.1) is 7.11 Å². The lowest BCUT2D eigenvalue weighted by Crippen LogP contribution is -2.26. The lowest BCUT2D eigenvalue weighted by Gasteiger charge is -2.19.